The summed E-state index contributed by atoms with van der Waals surface area (Å²) in [4.78, 5) is 22.6. The number of hydrogen-bond donors (Lipinski definition) is 1. The van der Waals surface area contributed by atoms with Crippen LogP contribution in [0.5, 0.6) is 0 Å². The summed E-state index contributed by atoms with van der Waals surface area (Å²) in [6.07, 6.45) is 4.45. The van der Waals surface area contributed by atoms with E-state index in [0.717, 1.165) is 49.1 Å². The van der Waals surface area contributed by atoms with Crippen molar-refractivity contribution in [3.8, 4) is 0 Å². The number of amides is 1. The molecule has 1 atom stereocenters. The van der Waals surface area contributed by atoms with E-state index in [-0.39, 0.29) is 11.9 Å². The fourth-order valence-corrected chi connectivity index (χ4v) is 4.26. The molecule has 1 fully saturated rings. The van der Waals surface area contributed by atoms with Gasteiger partial charge < -0.3 is 9.88 Å². The van der Waals surface area contributed by atoms with Gasteiger partial charge in [-0.1, -0.05) is 12.1 Å². The van der Waals surface area contributed by atoms with Crippen LogP contribution in [-0.2, 0) is 11.2 Å². The van der Waals surface area contributed by atoms with Crippen LogP contribution in [0.15, 0.2) is 41.1 Å². The fourth-order valence-electron chi connectivity index (χ4n) is 3.55. The second-order valence-electron chi connectivity index (χ2n) is 6.36. The Morgan fingerprint density at radius 3 is 3.08 bits per heavy atom. The molecule has 0 bridgehead atoms. The minimum atomic E-state index is 0.278. The molecule has 24 heavy (non-hydrogen) atoms. The molecular weight excluding hydrogens is 318 g/mol. The Hall–Kier alpha value is -2.14. The van der Waals surface area contributed by atoms with Gasteiger partial charge in [0.2, 0.25) is 5.91 Å². The third-order valence-corrected chi connectivity index (χ3v) is 5.45. The molecule has 1 aromatic carbocycles. The van der Waals surface area contributed by atoms with Crippen LogP contribution >= 0.6 is 11.3 Å². The molecule has 0 spiro atoms. The first-order chi connectivity index (χ1) is 11.8. The van der Waals surface area contributed by atoms with Crippen molar-refractivity contribution in [2.24, 2.45) is 0 Å². The maximum Gasteiger partial charge on any atom is 0.223 e. The summed E-state index contributed by atoms with van der Waals surface area (Å²) in [5.41, 5.74) is 3.36. The van der Waals surface area contributed by atoms with Gasteiger partial charge in [-0.3, -0.25) is 4.79 Å². The zero-order chi connectivity index (χ0) is 16.4. The highest BCUT2D eigenvalue weighted by Crippen LogP contribution is 2.33. The number of aromatic amines is 1. The second-order valence-corrected chi connectivity index (χ2v) is 7.14. The van der Waals surface area contributed by atoms with Crippen molar-refractivity contribution >= 4 is 28.3 Å². The fraction of sp³-hybridized carbons (Fsp3) is 0.368. The molecule has 4 rings (SSSR count). The van der Waals surface area contributed by atoms with Crippen LogP contribution in [0.1, 0.15) is 43.1 Å². The van der Waals surface area contributed by atoms with Crippen LogP contribution in [0.4, 0.5) is 0 Å². The lowest BCUT2D eigenvalue weighted by molar-refractivity contribution is -0.132. The summed E-state index contributed by atoms with van der Waals surface area (Å²) in [5, 5.41) is 4.27. The molecule has 0 radical (unpaired) electrons. The Morgan fingerprint density at radius 1 is 1.33 bits per heavy atom. The van der Waals surface area contributed by atoms with Gasteiger partial charge >= 0.3 is 0 Å². The predicted octanol–water partition coefficient (Wildman–Crippen LogP) is 4.31. The van der Waals surface area contributed by atoms with E-state index in [1.54, 1.807) is 11.3 Å². The van der Waals surface area contributed by atoms with Gasteiger partial charge in [0.25, 0.3) is 0 Å². The number of imidazole rings is 1. The average molecular weight is 339 g/mol. The Kier molecular flexibility index (Phi) is 4.34. The molecular formula is C19H21N3OS. The Balaban J connectivity index is 1.34. The van der Waals surface area contributed by atoms with Crippen molar-refractivity contribution in [3.05, 3.63) is 52.5 Å². The summed E-state index contributed by atoms with van der Waals surface area (Å²) in [5.74, 6) is 1.25. The van der Waals surface area contributed by atoms with Gasteiger partial charge in [0.15, 0.2) is 0 Å². The summed E-state index contributed by atoms with van der Waals surface area (Å²) < 4.78 is 0. The summed E-state index contributed by atoms with van der Waals surface area (Å²) in [7, 11) is 0. The van der Waals surface area contributed by atoms with E-state index in [0.29, 0.717) is 6.42 Å². The van der Waals surface area contributed by atoms with Crippen LogP contribution < -0.4 is 0 Å². The first-order valence-electron chi connectivity index (χ1n) is 8.56. The van der Waals surface area contributed by atoms with E-state index < -0.39 is 0 Å². The number of H-pyrrole nitrogens is 1. The second kappa shape index (κ2) is 6.77. The topological polar surface area (TPSA) is 49.0 Å². The first kappa shape index (κ1) is 15.4. The lowest BCUT2D eigenvalue weighted by Crippen LogP contribution is -2.30. The number of thiophene rings is 1. The molecule has 0 aliphatic carbocycles. The van der Waals surface area contributed by atoms with E-state index in [2.05, 4.69) is 31.7 Å². The molecule has 1 aliphatic heterocycles. The van der Waals surface area contributed by atoms with E-state index in [4.69, 9.17) is 0 Å². The maximum atomic E-state index is 12.6. The molecule has 124 valence electrons. The summed E-state index contributed by atoms with van der Waals surface area (Å²) in [6.45, 7) is 0.893. The highest BCUT2D eigenvalue weighted by atomic mass is 32.1. The quantitative estimate of drug-likeness (QED) is 0.753. The third kappa shape index (κ3) is 3.08. The predicted molar refractivity (Wildman–Crippen MR) is 97.0 cm³/mol. The molecule has 2 aromatic heterocycles. The standard InChI is InChI=1S/C19H21N3OS/c23-19(22-11-4-7-17(22)14-10-12-24-13-14)9-3-8-18-20-15-5-1-2-6-16(15)21-18/h1-2,5-6,10,12-13,17H,3-4,7-9,11H2,(H,20,21). The van der Waals surface area contributed by atoms with Crippen LogP contribution in [0, 0.1) is 0 Å². The van der Waals surface area contributed by atoms with Crippen LogP contribution in [-0.4, -0.2) is 27.3 Å². The molecule has 1 N–H and O–H groups in total. The monoisotopic (exact) mass is 339 g/mol. The first-order valence-corrected chi connectivity index (χ1v) is 9.51. The average Bonchev–Trinajstić information content (AvgIpc) is 3.33. The number of benzene rings is 1. The summed E-state index contributed by atoms with van der Waals surface area (Å²) >= 11 is 1.71. The molecule has 1 amide bonds. The minimum Gasteiger partial charge on any atom is -0.342 e. The van der Waals surface area contributed by atoms with E-state index >= 15 is 0 Å². The van der Waals surface area contributed by atoms with Crippen molar-refractivity contribution in [2.75, 3.05) is 6.54 Å². The number of hydrogen-bond acceptors (Lipinski definition) is 3. The van der Waals surface area contributed by atoms with Crippen molar-refractivity contribution in [3.63, 3.8) is 0 Å². The van der Waals surface area contributed by atoms with E-state index in [9.17, 15) is 4.79 Å². The molecule has 5 heteroatoms. The largest absolute Gasteiger partial charge is 0.342 e. The van der Waals surface area contributed by atoms with Crippen molar-refractivity contribution in [1.29, 1.82) is 0 Å². The highest BCUT2D eigenvalue weighted by Gasteiger charge is 2.29. The van der Waals surface area contributed by atoms with Gasteiger partial charge in [-0.2, -0.15) is 11.3 Å². The Bertz CT molecular complexity index is 791. The van der Waals surface area contributed by atoms with Gasteiger partial charge in [-0.25, -0.2) is 4.98 Å². The van der Waals surface area contributed by atoms with Gasteiger partial charge in [0, 0.05) is 19.4 Å². The van der Waals surface area contributed by atoms with Crippen LogP contribution in [0.2, 0.25) is 0 Å². The number of fused-ring (bicyclic) bond motifs is 1. The molecule has 3 aromatic rings. The lowest BCUT2D eigenvalue weighted by atomic mass is 10.1. The number of nitrogens with one attached hydrogen (secondary N) is 1. The van der Waals surface area contributed by atoms with Gasteiger partial charge in [0.1, 0.15) is 5.82 Å². The van der Waals surface area contributed by atoms with Crippen molar-refractivity contribution in [1.82, 2.24) is 14.9 Å². The highest BCUT2D eigenvalue weighted by molar-refractivity contribution is 7.07. The maximum absolute atomic E-state index is 12.6. The normalized spacial score (nSPS) is 17.7. The Labute approximate surface area is 145 Å². The smallest absolute Gasteiger partial charge is 0.223 e. The number of nitrogens with zero attached hydrogens (tertiary/aromatic N) is 2. The molecule has 3 heterocycles. The van der Waals surface area contributed by atoms with Crippen molar-refractivity contribution in [2.45, 2.75) is 38.1 Å². The molecule has 1 aliphatic rings. The number of aryl methyl sites for hydroxylation is 1. The lowest BCUT2D eigenvalue weighted by Gasteiger charge is -2.24. The third-order valence-electron chi connectivity index (χ3n) is 4.74. The number of aromatic nitrogens is 2. The number of carbonyl (C=O) groups excluding carboxylic acids is 1. The van der Waals surface area contributed by atoms with E-state index in [1.165, 1.54) is 5.56 Å². The van der Waals surface area contributed by atoms with Crippen LogP contribution in [0.25, 0.3) is 11.0 Å². The number of para-hydroxylation sites is 2. The van der Waals surface area contributed by atoms with Crippen molar-refractivity contribution < 1.29 is 4.79 Å². The van der Waals surface area contributed by atoms with Gasteiger partial charge in [-0.05, 0) is 53.8 Å². The molecule has 1 saturated heterocycles. The van der Waals surface area contributed by atoms with Gasteiger partial charge in [0.05, 0.1) is 17.1 Å². The minimum absolute atomic E-state index is 0.278. The number of carbonyl (C=O) groups is 1. The molecule has 1 unspecified atom stereocenters. The summed E-state index contributed by atoms with van der Waals surface area (Å²) in [6, 6.07) is 10.5. The van der Waals surface area contributed by atoms with Gasteiger partial charge in [-0.15, -0.1) is 0 Å². The van der Waals surface area contributed by atoms with Crippen LogP contribution in [0.3, 0.4) is 0 Å². The molecule has 0 saturated carbocycles. The molecule has 4 nitrogen and oxygen atoms in total. The zero-order valence-corrected chi connectivity index (χ0v) is 14.4. The Morgan fingerprint density at radius 2 is 2.25 bits per heavy atom. The number of likely N-dealkylation sites (tertiary alicyclic amines) is 1. The number of rotatable bonds is 5. The zero-order valence-electron chi connectivity index (χ0n) is 13.6. The SMILES string of the molecule is O=C(CCCc1nc2ccccc2[nH]1)N1CCCC1c1ccsc1. The van der Waals surface area contributed by atoms with E-state index in [1.807, 2.05) is 24.3 Å².